The molecule has 32 heavy (non-hydrogen) atoms. The lowest BCUT2D eigenvalue weighted by molar-refractivity contribution is -0.386. The van der Waals surface area contributed by atoms with Gasteiger partial charge in [-0.1, -0.05) is 0 Å². The number of hydrogen-bond donors (Lipinski definition) is 1. The number of nitrogens with one attached hydrogen (secondary N) is 1. The fourth-order valence-electron chi connectivity index (χ4n) is 2.52. The maximum absolute atomic E-state index is 13.5. The quantitative estimate of drug-likeness (QED) is 0.245. The minimum atomic E-state index is -6.56. The molecule has 2 rings (SSSR count). The number of hydrogen-bond acceptors (Lipinski definition) is 7. The molecule has 1 fully saturated rings. The summed E-state index contributed by atoms with van der Waals surface area (Å²) in [5.74, 6) is -8.36. The van der Waals surface area contributed by atoms with Gasteiger partial charge in [0, 0.05) is 17.0 Å². The predicted molar refractivity (Wildman–Crippen MR) is 95.6 cm³/mol. The zero-order valence-electron chi connectivity index (χ0n) is 15.5. The summed E-state index contributed by atoms with van der Waals surface area (Å²) in [6, 6.07) is 0.828. The average molecular weight is 514 g/mol. The van der Waals surface area contributed by atoms with Crippen LogP contribution in [0.2, 0.25) is 0 Å². The third-order valence-corrected chi connectivity index (χ3v) is 6.82. The van der Waals surface area contributed by atoms with E-state index in [1.165, 1.54) is 0 Å². The van der Waals surface area contributed by atoms with Crippen molar-refractivity contribution in [2.24, 2.45) is 0 Å². The highest BCUT2D eigenvalue weighted by Crippen LogP contribution is 2.54. The molecule has 1 amide bonds. The van der Waals surface area contributed by atoms with E-state index in [1.807, 2.05) is 0 Å². The summed E-state index contributed by atoms with van der Waals surface area (Å²) in [5.41, 5.74) is -1.07. The van der Waals surface area contributed by atoms with Crippen LogP contribution in [0.5, 0.6) is 5.75 Å². The van der Waals surface area contributed by atoms with Crippen LogP contribution in [0.15, 0.2) is 23.1 Å². The van der Waals surface area contributed by atoms with E-state index in [2.05, 4.69) is 5.32 Å². The summed E-state index contributed by atoms with van der Waals surface area (Å²) < 4.78 is 117. The number of rotatable bonds is 8. The van der Waals surface area contributed by atoms with Crippen molar-refractivity contribution >= 4 is 33.2 Å². The largest absolute Gasteiger partial charge is 0.477 e. The fourth-order valence-corrected chi connectivity index (χ4v) is 5.04. The van der Waals surface area contributed by atoms with Crippen molar-refractivity contribution in [3.05, 3.63) is 28.3 Å². The third-order valence-electron chi connectivity index (χ3n) is 4.05. The Bertz CT molecular complexity index is 1000. The van der Waals surface area contributed by atoms with Gasteiger partial charge >= 0.3 is 23.0 Å². The van der Waals surface area contributed by atoms with E-state index >= 15 is 0 Å². The summed E-state index contributed by atoms with van der Waals surface area (Å²) in [6.07, 6.45) is -6.42. The molecule has 1 aliphatic rings. The molecule has 0 aliphatic carbocycles. The van der Waals surface area contributed by atoms with Gasteiger partial charge < -0.3 is 10.1 Å². The number of sulfone groups is 1. The van der Waals surface area contributed by atoms with Gasteiger partial charge in [0.15, 0.2) is 22.2 Å². The van der Waals surface area contributed by atoms with E-state index in [0.717, 1.165) is 0 Å². The Hall–Kier alpha value is -2.30. The van der Waals surface area contributed by atoms with Crippen molar-refractivity contribution in [2.45, 2.75) is 34.7 Å². The van der Waals surface area contributed by atoms with E-state index in [-0.39, 0.29) is 17.9 Å². The lowest BCUT2D eigenvalue weighted by Crippen LogP contribution is -2.49. The van der Waals surface area contributed by atoms with Crippen LogP contribution in [0, 0.1) is 10.1 Å². The van der Waals surface area contributed by atoms with Crippen LogP contribution < -0.4 is 10.1 Å². The Morgan fingerprint density at radius 2 is 1.84 bits per heavy atom. The summed E-state index contributed by atoms with van der Waals surface area (Å²) in [4.78, 5) is 20.8. The van der Waals surface area contributed by atoms with Crippen LogP contribution in [-0.2, 0) is 14.6 Å². The molecule has 1 aliphatic heterocycles. The van der Waals surface area contributed by atoms with Gasteiger partial charge in [-0.3, -0.25) is 14.9 Å². The Morgan fingerprint density at radius 1 is 1.22 bits per heavy atom. The van der Waals surface area contributed by atoms with Crippen molar-refractivity contribution < 1.29 is 53.6 Å². The van der Waals surface area contributed by atoms with Crippen LogP contribution in [0.25, 0.3) is 0 Å². The molecule has 8 nitrogen and oxygen atoms in total. The van der Waals surface area contributed by atoms with Crippen LogP contribution >= 0.6 is 11.8 Å². The maximum Gasteiger partial charge on any atom is 0.460 e. The first-order chi connectivity index (χ1) is 14.5. The number of carbonyl (C=O) groups excluding carboxylic acids is 1. The van der Waals surface area contributed by atoms with Crippen molar-refractivity contribution in [3.8, 4) is 5.75 Å². The molecule has 180 valence electrons. The fraction of sp³-hybridized carbons (Fsp3) is 0.533. The van der Waals surface area contributed by atoms with Gasteiger partial charge in [0.2, 0.25) is 0 Å². The van der Waals surface area contributed by atoms with Crippen molar-refractivity contribution in [1.82, 2.24) is 5.32 Å². The Kier molecular flexibility index (Phi) is 7.23. The minimum Gasteiger partial charge on any atom is -0.477 e. The van der Waals surface area contributed by atoms with E-state index in [4.69, 9.17) is 4.74 Å². The second kappa shape index (κ2) is 8.92. The summed E-state index contributed by atoms with van der Waals surface area (Å²) in [5, 5.41) is 7.77. The number of amides is 1. The summed E-state index contributed by atoms with van der Waals surface area (Å²) in [7, 11) is -3.30. The molecular weight excluding hydrogens is 501 g/mol. The van der Waals surface area contributed by atoms with Gasteiger partial charge in [-0.2, -0.15) is 30.7 Å². The van der Waals surface area contributed by atoms with Gasteiger partial charge in [-0.25, -0.2) is 8.42 Å². The molecule has 1 N–H and O–H groups in total. The summed E-state index contributed by atoms with van der Waals surface area (Å²) >= 11 is -1.23. The normalized spacial score (nSPS) is 18.9. The van der Waals surface area contributed by atoms with E-state index < -0.39 is 78.8 Å². The Balaban J connectivity index is 2.11. The zero-order valence-corrected chi connectivity index (χ0v) is 17.1. The highest BCUT2D eigenvalue weighted by Gasteiger charge is 2.73. The number of carbonyl (C=O) groups is 1. The molecule has 0 saturated carbocycles. The van der Waals surface area contributed by atoms with Crippen LogP contribution in [0.4, 0.5) is 36.4 Å². The van der Waals surface area contributed by atoms with Gasteiger partial charge in [0.1, 0.15) is 0 Å². The third kappa shape index (κ3) is 5.93. The molecule has 1 heterocycles. The zero-order chi connectivity index (χ0) is 24.5. The van der Waals surface area contributed by atoms with E-state index in [9.17, 15) is 54.1 Å². The van der Waals surface area contributed by atoms with E-state index in [0.29, 0.717) is 18.2 Å². The topological polar surface area (TPSA) is 116 Å². The molecule has 1 atom stereocenters. The number of ether oxygens (including phenoxy) is 1. The molecule has 1 aromatic carbocycles. The number of benzene rings is 1. The molecule has 1 unspecified atom stereocenters. The Morgan fingerprint density at radius 3 is 2.34 bits per heavy atom. The van der Waals surface area contributed by atoms with Crippen molar-refractivity contribution in [2.75, 3.05) is 18.1 Å². The molecule has 0 spiro atoms. The first kappa shape index (κ1) is 26.0. The van der Waals surface area contributed by atoms with Crippen molar-refractivity contribution in [1.29, 1.82) is 0 Å². The molecule has 1 saturated heterocycles. The van der Waals surface area contributed by atoms with Crippen molar-refractivity contribution in [3.63, 3.8) is 0 Å². The highest BCUT2D eigenvalue weighted by atomic mass is 32.2. The highest BCUT2D eigenvalue weighted by molar-refractivity contribution is 8.00. The smallest absolute Gasteiger partial charge is 0.460 e. The van der Waals surface area contributed by atoms with Gasteiger partial charge in [-0.15, -0.1) is 0 Å². The van der Waals surface area contributed by atoms with Gasteiger partial charge in [-0.05, 0) is 30.3 Å². The predicted octanol–water partition coefficient (Wildman–Crippen LogP) is 3.16. The molecule has 1 aromatic rings. The van der Waals surface area contributed by atoms with Crippen LogP contribution in [0.3, 0.4) is 0 Å². The molecule has 17 heteroatoms. The first-order valence-electron chi connectivity index (χ1n) is 8.37. The number of thioether (sulfide) groups is 1. The van der Waals surface area contributed by atoms with Crippen LogP contribution in [0.1, 0.15) is 6.42 Å². The average Bonchev–Trinajstić information content (AvgIpc) is 2.97. The number of nitro groups is 1. The minimum absolute atomic E-state index is 0.137. The standard InChI is InChI=1S/C15H13F7N2O6S2/c16-13(17,14(18,19)20)15(21,22)31-9-1-2-11(10(5-9)24(26)27)30-6-12(25)23-8-3-4-32(28,29)7-8/h1-2,5,8H,3-4,6-7H2,(H,23,25). The number of nitrogens with zero attached hydrogens (tertiary/aromatic N) is 1. The first-order valence-corrected chi connectivity index (χ1v) is 11.0. The lowest BCUT2D eigenvalue weighted by Gasteiger charge is -2.27. The summed E-state index contributed by atoms with van der Waals surface area (Å²) in [6.45, 7) is -0.841. The molecule has 0 radical (unpaired) electrons. The molecular formula is C15H13F7N2O6S2. The van der Waals surface area contributed by atoms with Gasteiger partial charge in [0.25, 0.3) is 5.91 Å². The SMILES string of the molecule is O=C(COc1ccc(SC(F)(F)C(F)(F)C(F)(F)F)cc1[N+](=O)[O-])NC1CCS(=O)(=O)C1. The number of halogens is 7. The lowest BCUT2D eigenvalue weighted by atomic mass is 10.2. The Labute approximate surface area is 179 Å². The van der Waals surface area contributed by atoms with Gasteiger partial charge in [0.05, 0.1) is 16.4 Å². The second-order valence-electron chi connectivity index (χ2n) is 6.53. The van der Waals surface area contributed by atoms with E-state index in [1.54, 1.807) is 0 Å². The number of nitro benzene ring substituents is 1. The van der Waals surface area contributed by atoms with Crippen LogP contribution in [-0.4, -0.2) is 60.8 Å². The molecule has 0 aromatic heterocycles. The number of alkyl halides is 7. The maximum atomic E-state index is 13.5. The second-order valence-corrected chi connectivity index (χ2v) is 9.95. The monoisotopic (exact) mass is 514 g/mol. The molecule has 0 bridgehead atoms.